The molecule has 4 aromatic rings. The summed E-state index contributed by atoms with van der Waals surface area (Å²) >= 11 is 4.25. The fraction of sp³-hybridized carbons (Fsp3) is 0.432. The molecule has 2 amide bonds. The molecule has 0 unspecified atom stereocenters. The highest BCUT2D eigenvalue weighted by Gasteiger charge is 2.28. The van der Waals surface area contributed by atoms with Gasteiger partial charge in [0.05, 0.1) is 11.4 Å². The number of para-hydroxylation sites is 1. The molecule has 0 spiro atoms. The van der Waals surface area contributed by atoms with Gasteiger partial charge in [0.15, 0.2) is 5.65 Å². The van der Waals surface area contributed by atoms with E-state index in [1.54, 1.807) is 6.08 Å². The Labute approximate surface area is 293 Å². The molecule has 6 rings (SSSR count). The molecular formula is C37H46N8O3S. The predicted molar refractivity (Wildman–Crippen MR) is 196 cm³/mol. The van der Waals surface area contributed by atoms with Crippen molar-refractivity contribution >= 4 is 41.3 Å². The number of hydrogen-bond donors (Lipinski definition) is 2. The third-order valence-corrected chi connectivity index (χ3v) is 9.64. The molecule has 2 fully saturated rings. The molecule has 2 aromatic carbocycles. The van der Waals surface area contributed by atoms with Gasteiger partial charge >= 0.3 is 0 Å². The van der Waals surface area contributed by atoms with Gasteiger partial charge in [-0.3, -0.25) is 14.5 Å². The first kappa shape index (κ1) is 34.4. The Morgan fingerprint density at radius 3 is 2.43 bits per heavy atom. The van der Waals surface area contributed by atoms with Gasteiger partial charge in [0.25, 0.3) is 0 Å². The van der Waals surface area contributed by atoms with Crippen molar-refractivity contribution in [2.45, 2.75) is 51.0 Å². The topological polar surface area (TPSA) is 123 Å². The molecule has 12 heteroatoms. The van der Waals surface area contributed by atoms with Crippen LogP contribution in [0.1, 0.15) is 51.0 Å². The Morgan fingerprint density at radius 2 is 1.65 bits per heavy atom. The lowest BCUT2D eigenvalue weighted by atomic mass is 10.1. The normalized spacial score (nSPS) is 17.2. The van der Waals surface area contributed by atoms with Crippen LogP contribution in [-0.2, 0) is 9.59 Å². The van der Waals surface area contributed by atoms with E-state index in [0.29, 0.717) is 48.6 Å². The van der Waals surface area contributed by atoms with Crippen molar-refractivity contribution in [3.05, 3.63) is 73.1 Å². The average molecular weight is 683 g/mol. The maximum atomic E-state index is 13.3. The van der Waals surface area contributed by atoms with E-state index in [0.717, 1.165) is 87.5 Å². The monoisotopic (exact) mass is 682 g/mol. The highest BCUT2D eigenvalue weighted by molar-refractivity contribution is 7.80. The fourth-order valence-electron chi connectivity index (χ4n) is 6.60. The average Bonchev–Trinajstić information content (AvgIpc) is 3.53. The minimum absolute atomic E-state index is 0.00346. The Kier molecular flexibility index (Phi) is 11.8. The Bertz CT molecular complexity index is 1720. The molecule has 49 heavy (non-hydrogen) atoms. The molecule has 2 saturated heterocycles. The molecule has 2 aliphatic heterocycles. The van der Waals surface area contributed by atoms with Crippen molar-refractivity contribution in [1.82, 2.24) is 34.4 Å². The number of benzene rings is 2. The number of carbonyl (C=O) groups excluding carboxylic acids is 2. The third kappa shape index (κ3) is 8.79. The molecule has 2 aromatic heterocycles. The lowest BCUT2D eigenvalue weighted by Gasteiger charge is -2.34. The summed E-state index contributed by atoms with van der Waals surface area (Å²) in [5.74, 6) is 3.02. The summed E-state index contributed by atoms with van der Waals surface area (Å²) in [6.45, 7) is 5.03. The van der Waals surface area contributed by atoms with Crippen LogP contribution in [0.15, 0.2) is 73.1 Å². The molecule has 2 N–H and O–H groups in total. The number of likely N-dealkylation sites (tertiary alicyclic amines) is 1. The Balaban J connectivity index is 1.05. The number of amides is 2. The number of piperazine rings is 1. The molecule has 11 nitrogen and oxygen atoms in total. The van der Waals surface area contributed by atoms with Gasteiger partial charge in [0, 0.05) is 63.9 Å². The third-order valence-electron chi connectivity index (χ3n) is 9.33. The van der Waals surface area contributed by atoms with Crippen LogP contribution in [0.25, 0.3) is 22.3 Å². The van der Waals surface area contributed by atoms with Crippen LogP contribution in [0.4, 0.5) is 5.82 Å². The molecule has 1 atom stereocenters. The van der Waals surface area contributed by atoms with Crippen LogP contribution in [-0.4, -0.2) is 97.8 Å². The quantitative estimate of drug-likeness (QED) is 0.106. The number of unbranched alkanes of at least 4 members (excludes halogenated alkanes) is 3. The van der Waals surface area contributed by atoms with Crippen LogP contribution in [0.2, 0.25) is 0 Å². The Morgan fingerprint density at radius 1 is 0.898 bits per heavy atom. The van der Waals surface area contributed by atoms with Crippen LogP contribution < -0.4 is 10.5 Å². The number of fused-ring (bicyclic) bond motifs is 1. The number of nitrogens with zero attached hydrogens (tertiary/aromatic N) is 7. The molecule has 0 aliphatic carbocycles. The zero-order valence-electron chi connectivity index (χ0n) is 28.0. The lowest BCUT2D eigenvalue weighted by molar-refractivity contribution is -0.133. The van der Waals surface area contributed by atoms with Gasteiger partial charge < -0.3 is 20.3 Å². The smallest absolute Gasteiger partial charge is 0.246 e. The van der Waals surface area contributed by atoms with Gasteiger partial charge in [-0.05, 0) is 67.8 Å². The van der Waals surface area contributed by atoms with E-state index in [-0.39, 0.29) is 17.9 Å². The highest BCUT2D eigenvalue weighted by atomic mass is 32.1. The van der Waals surface area contributed by atoms with Crippen molar-refractivity contribution in [2.24, 2.45) is 0 Å². The molecular weight excluding hydrogens is 637 g/mol. The summed E-state index contributed by atoms with van der Waals surface area (Å²) in [4.78, 5) is 40.9. The van der Waals surface area contributed by atoms with Gasteiger partial charge in [0.1, 0.15) is 29.3 Å². The number of nitrogen functional groups attached to an aromatic ring is 1. The van der Waals surface area contributed by atoms with Crippen molar-refractivity contribution in [3.8, 4) is 22.8 Å². The van der Waals surface area contributed by atoms with Gasteiger partial charge in [-0.1, -0.05) is 37.1 Å². The predicted octanol–water partition coefficient (Wildman–Crippen LogP) is 5.61. The maximum Gasteiger partial charge on any atom is 0.246 e. The molecule has 0 radical (unpaired) electrons. The fourth-order valence-corrected chi connectivity index (χ4v) is 6.82. The van der Waals surface area contributed by atoms with Crippen molar-refractivity contribution in [2.75, 3.05) is 57.3 Å². The van der Waals surface area contributed by atoms with Gasteiger partial charge in [-0.2, -0.15) is 17.7 Å². The summed E-state index contributed by atoms with van der Waals surface area (Å²) < 4.78 is 7.89. The summed E-state index contributed by atoms with van der Waals surface area (Å²) in [5.41, 5.74) is 8.63. The van der Waals surface area contributed by atoms with Crippen LogP contribution >= 0.6 is 12.6 Å². The first-order chi connectivity index (χ1) is 24.0. The van der Waals surface area contributed by atoms with Crippen molar-refractivity contribution in [1.29, 1.82) is 0 Å². The van der Waals surface area contributed by atoms with Gasteiger partial charge in [0.2, 0.25) is 11.8 Å². The van der Waals surface area contributed by atoms with E-state index < -0.39 is 0 Å². The number of thiol groups is 1. The highest BCUT2D eigenvalue weighted by Crippen LogP contribution is 2.35. The van der Waals surface area contributed by atoms with Crippen LogP contribution in [0.3, 0.4) is 0 Å². The zero-order chi connectivity index (χ0) is 34.0. The number of aromatic nitrogens is 4. The standard InChI is InChI=1S/C37H46N8O3S/c38-36-34-35(28-15-17-31(18-16-28)48-30-11-4-3-5-12-30)41-45(37(34)40-27-39-36)29-10-8-20-44(26-29)33(47)14-9-19-42-21-23-43(24-22-42)32(46)13-6-1-2-7-25-49/h3-5,9,11-12,14-18,27,29,49H,1-2,6-8,10,13,19-26H2,(H2,38,39,40)/b14-9+/t29-/m1/s1. The lowest BCUT2D eigenvalue weighted by Crippen LogP contribution is -2.48. The van der Waals surface area contributed by atoms with Gasteiger partial charge in [-0.15, -0.1) is 0 Å². The Hall–Kier alpha value is -4.42. The van der Waals surface area contributed by atoms with E-state index in [2.05, 4.69) is 27.5 Å². The number of carbonyl (C=O) groups is 2. The van der Waals surface area contributed by atoms with E-state index in [1.807, 2.05) is 75.2 Å². The number of nitrogens with two attached hydrogens (primary N) is 1. The van der Waals surface area contributed by atoms with Crippen molar-refractivity contribution in [3.63, 3.8) is 0 Å². The largest absolute Gasteiger partial charge is 0.457 e. The molecule has 4 heterocycles. The molecule has 2 aliphatic rings. The van der Waals surface area contributed by atoms with Gasteiger partial charge in [-0.25, -0.2) is 14.6 Å². The minimum atomic E-state index is -0.0501. The number of ether oxygens (including phenoxy) is 1. The van der Waals surface area contributed by atoms with E-state index >= 15 is 0 Å². The molecule has 0 saturated carbocycles. The second-order valence-corrected chi connectivity index (χ2v) is 13.2. The number of hydrogen-bond acceptors (Lipinski definition) is 9. The SMILES string of the molecule is Nc1ncnc2c1c(-c1ccc(Oc3ccccc3)cc1)nn2[C@@H]1CCCN(C(=O)/C=C/CN2CCN(C(=O)CCCCCCS)CC2)C1. The maximum absolute atomic E-state index is 13.3. The van der Waals surface area contributed by atoms with E-state index in [9.17, 15) is 9.59 Å². The van der Waals surface area contributed by atoms with E-state index in [4.69, 9.17) is 15.6 Å². The van der Waals surface area contributed by atoms with Crippen LogP contribution in [0.5, 0.6) is 11.5 Å². The first-order valence-electron chi connectivity index (χ1n) is 17.4. The second kappa shape index (κ2) is 16.8. The number of anilines is 1. The minimum Gasteiger partial charge on any atom is -0.457 e. The zero-order valence-corrected chi connectivity index (χ0v) is 28.9. The van der Waals surface area contributed by atoms with E-state index in [1.165, 1.54) is 6.33 Å². The second-order valence-electron chi connectivity index (χ2n) is 12.7. The first-order valence-corrected chi connectivity index (χ1v) is 18.0. The summed E-state index contributed by atoms with van der Waals surface area (Å²) in [5, 5.41) is 5.72. The molecule has 258 valence electrons. The summed E-state index contributed by atoms with van der Waals surface area (Å²) in [7, 11) is 0. The summed E-state index contributed by atoms with van der Waals surface area (Å²) in [6.07, 6.45) is 11.8. The number of rotatable bonds is 13. The molecule has 0 bridgehead atoms. The van der Waals surface area contributed by atoms with Crippen LogP contribution in [0, 0.1) is 0 Å². The number of piperidine rings is 1. The van der Waals surface area contributed by atoms with Crippen molar-refractivity contribution < 1.29 is 14.3 Å². The summed E-state index contributed by atoms with van der Waals surface area (Å²) in [6, 6.07) is 17.3.